The standard InChI is InChI=1S/C18H20O3.C17H18N2O2.C17H18O3/c1-18(2,3)21-17(19)15-9-11-16(12-10-15)20-13-14-7-5-4-6-8-14;1-17(2,3)21-16(20)13-9-11-15(12-10-13)19-18-14-7-5-4-6-8-14;1-17(2,3)20-16(18)13-9-11-15(12-10-13)19-14-7-5-4-6-8-14/h4-12H,13H2,1-3H3;4-12H,1-3H3;4-12H,1-3H3. The van der Waals surface area contributed by atoms with E-state index in [0.29, 0.717) is 34.7 Å². The second kappa shape index (κ2) is 22.5. The van der Waals surface area contributed by atoms with Crippen LogP contribution in [0.3, 0.4) is 0 Å². The van der Waals surface area contributed by atoms with Gasteiger partial charge in [-0.1, -0.05) is 66.7 Å². The molecule has 0 saturated heterocycles. The molecule has 6 aromatic carbocycles. The van der Waals surface area contributed by atoms with Gasteiger partial charge in [0, 0.05) is 0 Å². The van der Waals surface area contributed by atoms with Gasteiger partial charge in [0.15, 0.2) is 0 Å². The zero-order valence-electron chi connectivity index (χ0n) is 37.0. The Balaban J connectivity index is 0.000000205. The number of nitrogens with zero attached hydrogens (tertiary/aromatic N) is 2. The molecular weight excluding hydrogens is 781 g/mol. The molecule has 0 aliphatic carbocycles. The summed E-state index contributed by atoms with van der Waals surface area (Å²) in [6.45, 7) is 17.1. The van der Waals surface area contributed by atoms with Crippen LogP contribution in [0.25, 0.3) is 0 Å². The molecule has 0 heterocycles. The number of carbonyl (C=O) groups excluding carboxylic acids is 3. The highest BCUT2D eigenvalue weighted by Crippen LogP contribution is 2.23. The van der Waals surface area contributed by atoms with Crippen molar-refractivity contribution < 1.29 is 38.1 Å². The first-order valence-corrected chi connectivity index (χ1v) is 20.2. The van der Waals surface area contributed by atoms with Gasteiger partial charge >= 0.3 is 17.9 Å². The Hall–Kier alpha value is -7.07. The van der Waals surface area contributed by atoms with Crippen LogP contribution in [0, 0.1) is 0 Å². The smallest absolute Gasteiger partial charge is 0.338 e. The lowest BCUT2D eigenvalue weighted by Crippen LogP contribution is -2.23. The van der Waals surface area contributed by atoms with Crippen LogP contribution in [0.4, 0.5) is 11.4 Å². The number of azo groups is 1. The summed E-state index contributed by atoms with van der Waals surface area (Å²) in [5.41, 5.74) is 2.65. The van der Waals surface area contributed by atoms with Gasteiger partial charge in [0.05, 0.1) is 28.1 Å². The minimum Gasteiger partial charge on any atom is -0.489 e. The van der Waals surface area contributed by atoms with E-state index in [1.165, 1.54) is 0 Å². The van der Waals surface area contributed by atoms with Gasteiger partial charge in [-0.25, -0.2) is 14.4 Å². The van der Waals surface area contributed by atoms with E-state index in [4.69, 9.17) is 23.7 Å². The Kier molecular flexibility index (Phi) is 17.3. The van der Waals surface area contributed by atoms with Gasteiger partial charge in [0.25, 0.3) is 0 Å². The number of carbonyl (C=O) groups is 3. The molecule has 0 unspecified atom stereocenters. The van der Waals surface area contributed by atoms with E-state index >= 15 is 0 Å². The molecule has 10 nitrogen and oxygen atoms in total. The maximum atomic E-state index is 11.9. The molecule has 0 aliphatic rings. The van der Waals surface area contributed by atoms with Crippen molar-refractivity contribution in [2.75, 3.05) is 0 Å². The molecular formula is C52H56N2O8. The summed E-state index contributed by atoms with van der Waals surface area (Å²) >= 11 is 0. The Morgan fingerprint density at radius 3 is 1.11 bits per heavy atom. The van der Waals surface area contributed by atoms with Crippen LogP contribution in [-0.2, 0) is 20.8 Å². The van der Waals surface area contributed by atoms with Crippen LogP contribution in [-0.4, -0.2) is 34.7 Å². The molecule has 0 radical (unpaired) electrons. The Bertz CT molecular complexity index is 2310. The average molecular weight is 837 g/mol. The second-order valence-corrected chi connectivity index (χ2v) is 16.8. The average Bonchev–Trinajstić information content (AvgIpc) is 3.22. The maximum absolute atomic E-state index is 11.9. The van der Waals surface area contributed by atoms with Gasteiger partial charge in [-0.05, 0) is 165 Å². The van der Waals surface area contributed by atoms with Crippen LogP contribution in [0.1, 0.15) is 99.0 Å². The van der Waals surface area contributed by atoms with E-state index in [2.05, 4.69) is 10.2 Å². The Labute approximate surface area is 365 Å². The van der Waals surface area contributed by atoms with Crippen molar-refractivity contribution in [1.82, 2.24) is 0 Å². The fourth-order valence-electron chi connectivity index (χ4n) is 5.00. The monoisotopic (exact) mass is 836 g/mol. The summed E-state index contributed by atoms with van der Waals surface area (Å²) in [6, 6.07) is 49.7. The van der Waals surface area contributed by atoms with Gasteiger partial charge in [-0.15, -0.1) is 0 Å². The van der Waals surface area contributed by atoms with Crippen LogP contribution in [0.2, 0.25) is 0 Å². The molecule has 0 fully saturated rings. The quantitative estimate of drug-likeness (QED) is 0.0759. The molecule has 62 heavy (non-hydrogen) atoms. The van der Waals surface area contributed by atoms with Gasteiger partial charge in [-0.3, -0.25) is 0 Å². The van der Waals surface area contributed by atoms with Crippen LogP contribution in [0.15, 0.2) is 174 Å². The highest BCUT2D eigenvalue weighted by molar-refractivity contribution is 5.91. The van der Waals surface area contributed by atoms with Crippen LogP contribution in [0.5, 0.6) is 17.2 Å². The van der Waals surface area contributed by atoms with Crippen molar-refractivity contribution in [3.63, 3.8) is 0 Å². The minimum atomic E-state index is -0.497. The minimum absolute atomic E-state index is 0.322. The molecule has 0 bridgehead atoms. The van der Waals surface area contributed by atoms with E-state index in [0.717, 1.165) is 22.7 Å². The van der Waals surface area contributed by atoms with Gasteiger partial charge < -0.3 is 23.7 Å². The summed E-state index contributed by atoms with van der Waals surface area (Å²) in [5, 5.41) is 8.24. The highest BCUT2D eigenvalue weighted by Gasteiger charge is 2.19. The molecule has 0 amide bonds. The number of para-hydroxylation sites is 1. The van der Waals surface area contributed by atoms with E-state index in [-0.39, 0.29) is 17.9 Å². The van der Waals surface area contributed by atoms with E-state index in [9.17, 15) is 14.4 Å². The van der Waals surface area contributed by atoms with E-state index in [1.807, 2.05) is 153 Å². The molecule has 0 atom stereocenters. The Morgan fingerprint density at radius 2 is 0.710 bits per heavy atom. The van der Waals surface area contributed by atoms with Crippen molar-refractivity contribution in [2.45, 2.75) is 85.7 Å². The number of hydrogen-bond donors (Lipinski definition) is 0. The summed E-state index contributed by atoms with van der Waals surface area (Å²) in [6.07, 6.45) is 0. The largest absolute Gasteiger partial charge is 0.489 e. The predicted molar refractivity (Wildman–Crippen MR) is 243 cm³/mol. The fraction of sp³-hybridized carbons (Fsp3) is 0.250. The first kappa shape index (κ1) is 47.6. The first-order valence-electron chi connectivity index (χ1n) is 20.2. The number of esters is 3. The first-order chi connectivity index (χ1) is 29.3. The molecule has 0 saturated carbocycles. The molecule has 0 spiro atoms. The van der Waals surface area contributed by atoms with Crippen LogP contribution < -0.4 is 9.47 Å². The third kappa shape index (κ3) is 18.5. The zero-order valence-corrected chi connectivity index (χ0v) is 37.0. The lowest BCUT2D eigenvalue weighted by molar-refractivity contribution is 0.00569. The number of rotatable bonds is 10. The van der Waals surface area contributed by atoms with Crippen molar-refractivity contribution >= 4 is 29.3 Å². The lowest BCUT2D eigenvalue weighted by atomic mass is 10.1. The summed E-state index contributed by atoms with van der Waals surface area (Å²) in [4.78, 5) is 35.6. The molecule has 0 N–H and O–H groups in total. The summed E-state index contributed by atoms with van der Waals surface area (Å²) in [5.74, 6) is 1.18. The summed E-state index contributed by atoms with van der Waals surface area (Å²) in [7, 11) is 0. The third-order valence-electron chi connectivity index (χ3n) is 7.74. The van der Waals surface area contributed by atoms with Crippen LogP contribution >= 0.6 is 0 Å². The van der Waals surface area contributed by atoms with Crippen molar-refractivity contribution in [3.8, 4) is 17.2 Å². The number of benzene rings is 6. The topological polar surface area (TPSA) is 122 Å². The predicted octanol–water partition coefficient (Wildman–Crippen LogP) is 13.7. The second-order valence-electron chi connectivity index (χ2n) is 16.8. The SMILES string of the molecule is CC(C)(C)OC(=O)c1ccc(N=Nc2ccccc2)cc1.CC(C)(C)OC(=O)c1ccc(OCc2ccccc2)cc1.CC(C)(C)OC(=O)c1ccc(Oc2ccccc2)cc1. The highest BCUT2D eigenvalue weighted by atomic mass is 16.6. The maximum Gasteiger partial charge on any atom is 0.338 e. The fourth-order valence-corrected chi connectivity index (χ4v) is 5.00. The van der Waals surface area contributed by atoms with Crippen molar-refractivity contribution in [1.29, 1.82) is 0 Å². The molecule has 6 rings (SSSR count). The summed E-state index contributed by atoms with van der Waals surface area (Å²) < 4.78 is 27.3. The molecule has 322 valence electrons. The van der Waals surface area contributed by atoms with Crippen molar-refractivity contribution in [3.05, 3.63) is 186 Å². The lowest BCUT2D eigenvalue weighted by Gasteiger charge is -2.19. The normalized spacial score (nSPS) is 11.2. The van der Waals surface area contributed by atoms with Gasteiger partial charge in [-0.2, -0.15) is 10.2 Å². The third-order valence-corrected chi connectivity index (χ3v) is 7.74. The zero-order chi connectivity index (χ0) is 45.2. The molecule has 0 aliphatic heterocycles. The van der Waals surface area contributed by atoms with Gasteiger partial charge in [0.2, 0.25) is 0 Å². The van der Waals surface area contributed by atoms with Crippen molar-refractivity contribution in [2.24, 2.45) is 10.2 Å². The molecule has 10 heteroatoms. The van der Waals surface area contributed by atoms with E-state index < -0.39 is 16.8 Å². The van der Waals surface area contributed by atoms with E-state index in [1.54, 1.807) is 72.8 Å². The molecule has 6 aromatic rings. The number of hydrogen-bond acceptors (Lipinski definition) is 10. The number of ether oxygens (including phenoxy) is 5. The Morgan fingerprint density at radius 1 is 0.387 bits per heavy atom. The molecule has 0 aromatic heterocycles. The van der Waals surface area contributed by atoms with Gasteiger partial charge in [0.1, 0.15) is 40.7 Å².